The summed E-state index contributed by atoms with van der Waals surface area (Å²) >= 11 is 0. The molecule has 0 aromatic carbocycles. The number of aliphatic imine (C=N–C) groups is 1. The van der Waals surface area contributed by atoms with E-state index >= 15 is 0 Å². The highest BCUT2D eigenvalue weighted by Crippen LogP contribution is 2.28. The molecule has 0 aromatic heterocycles. The molecule has 0 aliphatic carbocycles. The zero-order valence-corrected chi connectivity index (χ0v) is 32.6. The molecule has 0 saturated heterocycles. The molecule has 1 rings (SSSR count). The highest BCUT2D eigenvalue weighted by Gasteiger charge is 2.48. The molecule has 1 aliphatic heterocycles. The third-order valence-corrected chi connectivity index (χ3v) is 6.49. The van der Waals surface area contributed by atoms with E-state index in [2.05, 4.69) is 26.3 Å². The first-order valence-corrected chi connectivity index (χ1v) is 16.9. The topological polar surface area (TPSA) is 273 Å². The molecule has 0 radical (unpaired) electrons. The van der Waals surface area contributed by atoms with Crippen LogP contribution < -0.4 is 21.3 Å². The Balaban J connectivity index is 4.15. The molecule has 0 bridgehead atoms. The number of esters is 3. The van der Waals surface area contributed by atoms with Gasteiger partial charge in [-0.3, -0.25) is 34.6 Å². The maximum absolute atomic E-state index is 13.7. The van der Waals surface area contributed by atoms with Crippen LogP contribution in [0, 0.1) is 5.92 Å². The minimum absolute atomic E-state index is 0.00459. The van der Waals surface area contributed by atoms with Gasteiger partial charge in [0.2, 0.25) is 11.9 Å². The van der Waals surface area contributed by atoms with Gasteiger partial charge in [0.05, 0.1) is 12.1 Å². The first kappa shape index (κ1) is 46.6. The van der Waals surface area contributed by atoms with Crippen LogP contribution in [0.4, 0.5) is 9.59 Å². The second-order valence-corrected chi connectivity index (χ2v) is 14.6. The normalized spacial score (nSPS) is 18.5. The predicted octanol–water partition coefficient (Wildman–Crippen LogP) is 1.59. The van der Waals surface area contributed by atoms with Crippen LogP contribution in [-0.4, -0.2) is 113 Å². The van der Waals surface area contributed by atoms with Gasteiger partial charge >= 0.3 is 36.1 Å². The number of hydrogen-bond acceptors (Lipinski definition) is 15. The minimum atomic E-state index is -1.76. The van der Waals surface area contributed by atoms with Crippen molar-refractivity contribution in [3.63, 3.8) is 0 Å². The number of nitrogens with zero attached hydrogens (tertiary/aromatic N) is 1. The number of nitrogens with one attached hydrogen (secondary N) is 4. The summed E-state index contributed by atoms with van der Waals surface area (Å²) in [7, 11) is 0. The quantitative estimate of drug-likeness (QED) is 0.0770. The Morgan fingerprint density at radius 3 is 1.76 bits per heavy atom. The lowest BCUT2D eigenvalue weighted by Gasteiger charge is -2.41. The van der Waals surface area contributed by atoms with Crippen molar-refractivity contribution in [3.8, 4) is 0 Å². The number of carboxylic acids is 1. The molecule has 1 aliphatic rings. The summed E-state index contributed by atoms with van der Waals surface area (Å²) in [6.45, 7) is 16.4. The van der Waals surface area contributed by atoms with E-state index in [1.54, 1.807) is 55.4 Å². The number of aliphatic carboxylic acids is 1. The maximum Gasteiger partial charge on any atom is 0.414 e. The van der Waals surface area contributed by atoms with Crippen molar-refractivity contribution < 1.29 is 71.9 Å². The van der Waals surface area contributed by atoms with Gasteiger partial charge in [0.25, 0.3) is 5.91 Å². The SMILES string of the molecule is CC(=O)N[C@H]1[C@H]([C@H](OC(C)=O)[C@@H](COC(C)=O)OC(C)=O)OC(C(=O)N[C@@H](CC(C)C)C(=O)O)=C[C@@H]1N=C(NC(=O)OC(C)(C)C)NC(=O)OC(C)(C)C. The van der Waals surface area contributed by atoms with E-state index in [1.807, 2.05) is 0 Å². The largest absolute Gasteiger partial charge is 0.480 e. The van der Waals surface area contributed by atoms with Crippen LogP contribution in [0.1, 0.15) is 89.5 Å². The van der Waals surface area contributed by atoms with E-state index in [0.717, 1.165) is 33.8 Å². The molecular weight excluding hydrogens is 718 g/mol. The highest BCUT2D eigenvalue weighted by molar-refractivity contribution is 6.01. The smallest absolute Gasteiger partial charge is 0.414 e. The molecule has 0 saturated carbocycles. The Kier molecular flexibility index (Phi) is 17.4. The Hall–Kier alpha value is -5.43. The lowest BCUT2D eigenvalue weighted by Crippen LogP contribution is -2.62. The van der Waals surface area contributed by atoms with E-state index in [0.29, 0.717) is 0 Å². The molecule has 1 heterocycles. The number of amides is 4. The lowest BCUT2D eigenvalue weighted by molar-refractivity contribution is -0.187. The second kappa shape index (κ2) is 20.1. The minimum Gasteiger partial charge on any atom is -0.480 e. The molecular formula is C34H53N5O15. The first-order chi connectivity index (χ1) is 24.7. The molecule has 20 nitrogen and oxygen atoms in total. The second-order valence-electron chi connectivity index (χ2n) is 14.6. The first-order valence-electron chi connectivity index (χ1n) is 16.9. The molecule has 4 amide bonds. The molecule has 0 unspecified atom stereocenters. The monoisotopic (exact) mass is 771 g/mol. The number of ether oxygens (including phenoxy) is 6. The zero-order chi connectivity index (χ0) is 41.7. The zero-order valence-electron chi connectivity index (χ0n) is 32.6. The Labute approximate surface area is 313 Å². The molecule has 0 spiro atoms. The van der Waals surface area contributed by atoms with Gasteiger partial charge in [0.1, 0.15) is 23.9 Å². The van der Waals surface area contributed by atoms with Crippen molar-refractivity contribution >= 4 is 53.8 Å². The van der Waals surface area contributed by atoms with Crippen LogP contribution in [-0.2, 0) is 57.2 Å². The Bertz CT molecular complexity index is 1450. The van der Waals surface area contributed by atoms with Crippen molar-refractivity contribution in [1.82, 2.24) is 21.3 Å². The summed E-state index contributed by atoms with van der Waals surface area (Å²) in [4.78, 5) is 105. The Morgan fingerprint density at radius 1 is 0.833 bits per heavy atom. The fraction of sp³-hybridized carbons (Fsp3) is 0.676. The summed E-state index contributed by atoms with van der Waals surface area (Å²) in [6, 6.07) is -4.43. The summed E-state index contributed by atoms with van der Waals surface area (Å²) in [5, 5.41) is 19.3. The van der Waals surface area contributed by atoms with Crippen molar-refractivity contribution in [3.05, 3.63) is 11.8 Å². The highest BCUT2D eigenvalue weighted by atomic mass is 16.6. The summed E-state index contributed by atoms with van der Waals surface area (Å²) in [5.74, 6) is -7.28. The molecule has 20 heteroatoms. The summed E-state index contributed by atoms with van der Waals surface area (Å²) in [5.41, 5.74) is -2.04. The molecule has 0 aromatic rings. The van der Waals surface area contributed by atoms with Crippen LogP contribution >= 0.6 is 0 Å². The average molecular weight is 772 g/mol. The van der Waals surface area contributed by atoms with Gasteiger partial charge in [-0.1, -0.05) is 13.8 Å². The number of guanidine groups is 1. The standard InChI is InChI=1S/C34H53N5O15/c1-16(2)13-22(29(45)46)36-28(44)23-14-21(37-30(38-31(47)53-33(7,8)9)39-32(48)54-34(10,11)12)25(35-17(3)40)27(52-23)26(51-20(6)43)24(50-19(5)42)15-49-18(4)41/h14,16,21-22,24-27H,13,15H2,1-12H3,(H,35,40)(H,36,44)(H,45,46)(H2,37,38,39,47,48)/t21-,22-,24+,25+,26+,27+/m0/s1. The average Bonchev–Trinajstić information content (AvgIpc) is 2.95. The van der Waals surface area contributed by atoms with E-state index < -0.39 is 114 Å². The van der Waals surface area contributed by atoms with Crippen molar-refractivity contribution in [2.24, 2.45) is 10.9 Å². The number of carbonyl (C=O) groups excluding carboxylic acids is 7. The lowest BCUT2D eigenvalue weighted by atomic mass is 9.91. The van der Waals surface area contributed by atoms with Crippen LogP contribution in [0.2, 0.25) is 0 Å². The van der Waals surface area contributed by atoms with Gasteiger partial charge in [-0.15, -0.1) is 0 Å². The van der Waals surface area contributed by atoms with Gasteiger partial charge < -0.3 is 44.2 Å². The number of alkyl carbamates (subject to hydrolysis) is 2. The third-order valence-electron chi connectivity index (χ3n) is 6.49. The number of hydrogen-bond donors (Lipinski definition) is 5. The van der Waals surface area contributed by atoms with E-state index in [1.165, 1.54) is 0 Å². The summed E-state index contributed by atoms with van der Waals surface area (Å²) < 4.78 is 32.6. The molecule has 304 valence electrons. The van der Waals surface area contributed by atoms with E-state index in [4.69, 9.17) is 28.4 Å². The molecule has 6 atom stereocenters. The maximum atomic E-state index is 13.7. The van der Waals surface area contributed by atoms with Crippen molar-refractivity contribution in [2.75, 3.05) is 6.61 Å². The molecule has 0 fully saturated rings. The predicted molar refractivity (Wildman–Crippen MR) is 187 cm³/mol. The molecule has 5 N–H and O–H groups in total. The van der Waals surface area contributed by atoms with Crippen LogP contribution in [0.25, 0.3) is 0 Å². The van der Waals surface area contributed by atoms with Crippen molar-refractivity contribution in [2.45, 2.75) is 137 Å². The van der Waals surface area contributed by atoms with Gasteiger partial charge in [0, 0.05) is 27.7 Å². The number of carboxylic acid groups (broad SMARTS) is 1. The summed E-state index contributed by atoms with van der Waals surface area (Å²) in [6.07, 6.45) is -6.23. The van der Waals surface area contributed by atoms with Crippen LogP contribution in [0.5, 0.6) is 0 Å². The van der Waals surface area contributed by atoms with Crippen LogP contribution in [0.15, 0.2) is 16.8 Å². The van der Waals surface area contributed by atoms with E-state index in [-0.39, 0.29) is 12.3 Å². The van der Waals surface area contributed by atoms with Crippen LogP contribution in [0.3, 0.4) is 0 Å². The van der Waals surface area contributed by atoms with Gasteiger partial charge in [-0.05, 0) is 60.0 Å². The number of carbonyl (C=O) groups is 8. The fourth-order valence-corrected chi connectivity index (χ4v) is 4.76. The van der Waals surface area contributed by atoms with Crippen molar-refractivity contribution in [1.29, 1.82) is 0 Å². The van der Waals surface area contributed by atoms with Gasteiger partial charge in [0.15, 0.2) is 24.1 Å². The van der Waals surface area contributed by atoms with Gasteiger partial charge in [-0.25, -0.2) is 19.4 Å². The number of rotatable bonds is 13. The molecule has 54 heavy (non-hydrogen) atoms. The van der Waals surface area contributed by atoms with E-state index in [9.17, 15) is 43.5 Å². The van der Waals surface area contributed by atoms with Gasteiger partial charge in [-0.2, -0.15) is 0 Å². The fourth-order valence-electron chi connectivity index (χ4n) is 4.76. The third kappa shape index (κ3) is 17.9. The Morgan fingerprint density at radius 2 is 1.35 bits per heavy atom.